The Labute approximate surface area is 208 Å². The largest absolute Gasteiger partial charge is 0.368 e. The number of pyridine rings is 1. The van der Waals surface area contributed by atoms with Crippen LogP contribution in [-0.4, -0.2) is 72.4 Å². The van der Waals surface area contributed by atoms with E-state index < -0.39 is 32.2 Å². The molecule has 12 nitrogen and oxygen atoms in total. The van der Waals surface area contributed by atoms with E-state index in [1.54, 1.807) is 30.5 Å². The molecule has 0 fully saturated rings. The predicted octanol–water partition coefficient (Wildman–Crippen LogP) is 1.64. The summed E-state index contributed by atoms with van der Waals surface area (Å²) < 4.78 is 73.3. The van der Waals surface area contributed by atoms with Crippen molar-refractivity contribution in [1.82, 2.24) is 18.2 Å². The summed E-state index contributed by atoms with van der Waals surface area (Å²) in [6, 6.07) is 9.15. The summed E-state index contributed by atoms with van der Waals surface area (Å²) in [6.45, 7) is 3.94. The summed E-state index contributed by atoms with van der Waals surface area (Å²) in [5.41, 5.74) is 6.07. The highest BCUT2D eigenvalue weighted by atomic mass is 32.2. The second-order valence-electron chi connectivity index (χ2n) is 8.57. The Hall–Kier alpha value is -2.98. The molecule has 2 atom stereocenters. The molecule has 2 unspecified atom stereocenters. The third-order valence-corrected chi connectivity index (χ3v) is 6.86. The topological polar surface area (TPSA) is 170 Å². The van der Waals surface area contributed by atoms with Crippen molar-refractivity contribution < 1.29 is 30.5 Å². The van der Waals surface area contributed by atoms with Crippen LogP contribution in [0.4, 0.5) is 10.3 Å². The fourth-order valence-corrected chi connectivity index (χ4v) is 4.36. The lowest BCUT2D eigenvalue weighted by Crippen LogP contribution is -2.34. The third-order valence-electron chi connectivity index (χ3n) is 5.12. The summed E-state index contributed by atoms with van der Waals surface area (Å²) in [5.74, 6) is -0.511. The Morgan fingerprint density at radius 1 is 1.11 bits per heavy atom. The van der Waals surface area contributed by atoms with Crippen molar-refractivity contribution in [3.63, 3.8) is 0 Å². The van der Waals surface area contributed by atoms with Crippen LogP contribution in [0.3, 0.4) is 0 Å². The van der Waals surface area contributed by atoms with Crippen LogP contribution in [0.5, 0.6) is 0 Å². The van der Waals surface area contributed by atoms with Gasteiger partial charge in [0.25, 0.3) is 10.1 Å². The van der Waals surface area contributed by atoms with Gasteiger partial charge in [-0.1, -0.05) is 26.0 Å². The van der Waals surface area contributed by atoms with E-state index in [9.17, 15) is 21.2 Å². The molecule has 1 aliphatic rings. The number of aliphatic imine (C=N–C) groups is 1. The van der Waals surface area contributed by atoms with Gasteiger partial charge in [-0.2, -0.15) is 25.1 Å². The number of hydrogen-bond donors (Lipinski definition) is 2. The fourth-order valence-electron chi connectivity index (χ4n) is 3.41. The molecule has 3 N–H and O–H groups in total. The number of ether oxygens (including phenoxy) is 1. The average Bonchev–Trinajstić information content (AvgIpc) is 3.34. The molecular formula is C21H27FN6O6S2. The Bertz CT molecular complexity index is 1500. The molecule has 0 spiro atoms. The number of aromatic nitrogens is 3. The van der Waals surface area contributed by atoms with Crippen molar-refractivity contribution in [2.24, 2.45) is 10.9 Å². The van der Waals surface area contributed by atoms with E-state index in [1.807, 2.05) is 13.8 Å². The molecule has 15 heteroatoms. The van der Waals surface area contributed by atoms with Gasteiger partial charge in [0, 0.05) is 26.2 Å². The van der Waals surface area contributed by atoms with Crippen LogP contribution in [0.15, 0.2) is 41.4 Å². The average molecular weight is 543 g/mol. The van der Waals surface area contributed by atoms with E-state index in [0.717, 1.165) is 8.28 Å². The van der Waals surface area contributed by atoms with E-state index in [2.05, 4.69) is 15.0 Å². The third kappa shape index (κ3) is 5.54. The van der Waals surface area contributed by atoms with E-state index in [0.29, 0.717) is 23.0 Å². The van der Waals surface area contributed by atoms with Gasteiger partial charge in [0.2, 0.25) is 5.95 Å². The molecule has 0 bridgehead atoms. The SMILES string of the molecule is CC(C)C1N=CC(c2ccc(F)cc2)(c2ccc3nc(N)n(S(=O)(=O)N(C)C)c3n2)O1.CS(=O)(=O)O. The second-order valence-corrected chi connectivity index (χ2v) is 12.0. The maximum atomic E-state index is 13.6. The monoisotopic (exact) mass is 542 g/mol. The van der Waals surface area contributed by atoms with Crippen molar-refractivity contribution in [2.45, 2.75) is 25.7 Å². The maximum absolute atomic E-state index is 13.6. The summed E-state index contributed by atoms with van der Waals surface area (Å²) in [6.07, 6.45) is 1.90. The molecule has 3 aromatic rings. The van der Waals surface area contributed by atoms with Crippen molar-refractivity contribution >= 4 is 43.7 Å². The number of halogens is 1. The normalized spacial score (nSPS) is 20.2. The van der Waals surface area contributed by atoms with Gasteiger partial charge in [-0.15, -0.1) is 0 Å². The molecule has 3 heterocycles. The van der Waals surface area contributed by atoms with E-state index in [-0.39, 0.29) is 23.3 Å². The standard InChI is InChI=1S/C20H23FN6O3S.CH4O3S/c1-12(2)18-23-11-20(30-18,13-5-7-14(21)8-6-13)16-10-9-15-17(25-16)27(19(22)24-15)31(28,29)26(3)4;1-5(2,3)4/h5-12,18H,1-4H3,(H2,22,24);1H3,(H,2,3,4). The molecule has 1 aliphatic heterocycles. The summed E-state index contributed by atoms with van der Waals surface area (Å²) >= 11 is 0. The summed E-state index contributed by atoms with van der Waals surface area (Å²) in [7, 11) is -4.85. The van der Waals surface area contributed by atoms with Crippen molar-refractivity contribution in [3.8, 4) is 0 Å². The predicted molar refractivity (Wildman–Crippen MR) is 133 cm³/mol. The Kier molecular flexibility index (Phi) is 7.53. The number of rotatable bonds is 5. The first-order valence-corrected chi connectivity index (χ1v) is 13.8. The van der Waals surface area contributed by atoms with E-state index in [4.69, 9.17) is 15.0 Å². The first-order chi connectivity index (χ1) is 16.6. The molecule has 0 aliphatic carbocycles. The lowest BCUT2D eigenvalue weighted by molar-refractivity contribution is -0.0264. The van der Waals surface area contributed by atoms with Crippen LogP contribution in [0, 0.1) is 11.7 Å². The van der Waals surface area contributed by atoms with Gasteiger partial charge in [-0.3, -0.25) is 9.55 Å². The van der Waals surface area contributed by atoms with E-state index >= 15 is 0 Å². The van der Waals surface area contributed by atoms with Crippen LogP contribution >= 0.6 is 0 Å². The highest BCUT2D eigenvalue weighted by molar-refractivity contribution is 7.87. The van der Waals surface area contributed by atoms with Gasteiger partial charge in [0.1, 0.15) is 11.3 Å². The summed E-state index contributed by atoms with van der Waals surface area (Å²) in [5, 5.41) is 0. The number of imidazole rings is 1. The van der Waals surface area contributed by atoms with Gasteiger partial charge >= 0.3 is 10.2 Å². The van der Waals surface area contributed by atoms with Crippen molar-refractivity contribution in [1.29, 1.82) is 0 Å². The molecule has 1 aromatic carbocycles. The van der Waals surface area contributed by atoms with Gasteiger partial charge in [0.15, 0.2) is 17.5 Å². The molecule has 0 saturated heterocycles. The molecule has 2 aromatic heterocycles. The van der Waals surface area contributed by atoms with Crippen LogP contribution in [0.2, 0.25) is 0 Å². The maximum Gasteiger partial charge on any atom is 0.311 e. The lowest BCUT2D eigenvalue weighted by Gasteiger charge is -2.28. The lowest BCUT2D eigenvalue weighted by atomic mass is 9.91. The number of hydrogen-bond acceptors (Lipinski definition) is 9. The molecule has 36 heavy (non-hydrogen) atoms. The first-order valence-electron chi connectivity index (χ1n) is 10.6. The van der Waals surface area contributed by atoms with Crippen LogP contribution < -0.4 is 5.73 Å². The van der Waals surface area contributed by atoms with Gasteiger partial charge in [-0.25, -0.2) is 14.4 Å². The molecule has 0 saturated carbocycles. The molecule has 0 radical (unpaired) electrons. The van der Waals surface area contributed by atoms with Crippen LogP contribution in [0.1, 0.15) is 25.1 Å². The summed E-state index contributed by atoms with van der Waals surface area (Å²) in [4.78, 5) is 13.2. The smallest absolute Gasteiger partial charge is 0.311 e. The minimum atomic E-state index is -3.97. The van der Waals surface area contributed by atoms with E-state index in [1.165, 1.54) is 26.2 Å². The van der Waals surface area contributed by atoms with Gasteiger partial charge in [0.05, 0.1) is 11.9 Å². The Morgan fingerprint density at radius 2 is 1.69 bits per heavy atom. The number of nitrogens with two attached hydrogens (primary N) is 1. The first kappa shape index (κ1) is 27.6. The zero-order chi connectivity index (χ0) is 27.1. The zero-order valence-electron chi connectivity index (χ0n) is 20.2. The molecule has 0 amide bonds. The molecular weight excluding hydrogens is 515 g/mol. The Balaban J connectivity index is 0.000000658. The number of benzene rings is 1. The molecule has 4 rings (SSSR count). The minimum Gasteiger partial charge on any atom is -0.368 e. The number of nitrogen functional groups attached to an aromatic ring is 1. The van der Waals surface area contributed by atoms with Gasteiger partial charge < -0.3 is 10.5 Å². The van der Waals surface area contributed by atoms with Gasteiger partial charge in [-0.05, 0) is 29.8 Å². The van der Waals surface area contributed by atoms with Crippen molar-refractivity contribution in [3.05, 3.63) is 53.5 Å². The number of fused-ring (bicyclic) bond motifs is 1. The molecule has 196 valence electrons. The quantitative estimate of drug-likeness (QED) is 0.455. The van der Waals surface area contributed by atoms with Crippen LogP contribution in [-0.2, 0) is 30.7 Å². The van der Waals surface area contributed by atoms with Crippen molar-refractivity contribution in [2.75, 3.05) is 26.1 Å². The fraction of sp³-hybridized carbons (Fsp3) is 0.381. The second kappa shape index (κ2) is 9.82. The highest BCUT2D eigenvalue weighted by Gasteiger charge is 2.43. The zero-order valence-corrected chi connectivity index (χ0v) is 21.8. The highest BCUT2D eigenvalue weighted by Crippen LogP contribution is 2.39. The Morgan fingerprint density at radius 3 is 2.19 bits per heavy atom. The van der Waals surface area contributed by atoms with Crippen LogP contribution in [0.25, 0.3) is 11.2 Å². The number of anilines is 1. The number of nitrogens with zero attached hydrogens (tertiary/aromatic N) is 5. The minimum absolute atomic E-state index is 0.0650.